The smallest absolute Gasteiger partial charge is 0.306 e. The monoisotopic (exact) mass is 1170 g/mol. The summed E-state index contributed by atoms with van der Waals surface area (Å²) in [5, 5.41) is 0. The Hall–Kier alpha value is -2.37. The van der Waals surface area contributed by atoms with E-state index in [4.69, 9.17) is 14.2 Å². The van der Waals surface area contributed by atoms with Gasteiger partial charge in [-0.2, -0.15) is 0 Å². The molecule has 0 aromatic rings. The quantitative estimate of drug-likeness (QED) is 0.0261. The Bertz CT molecular complexity index is 1380. The van der Waals surface area contributed by atoms with Gasteiger partial charge in [0.15, 0.2) is 6.10 Å². The highest BCUT2D eigenvalue weighted by Crippen LogP contribution is 2.19. The molecule has 0 saturated carbocycles. The van der Waals surface area contributed by atoms with Crippen LogP contribution in [0.2, 0.25) is 0 Å². The number of unbranched alkanes of at least 4 members (excludes halogenated alkanes) is 53. The molecule has 0 saturated heterocycles. The van der Waals surface area contributed by atoms with Gasteiger partial charge in [-0.25, -0.2) is 0 Å². The standard InChI is InChI=1S/C77H144O6/c1-4-7-10-13-16-19-22-25-28-31-34-36-37-38-39-40-42-43-46-49-52-55-58-61-64-67-70-76(79)82-73-74(72-81-75(78)69-66-63-60-57-54-51-48-45-33-30-27-24-21-18-15-12-9-6-3)83-77(80)71-68-65-62-59-56-53-50-47-44-41-35-32-29-26-23-20-17-14-11-8-5-2/h23,26,30,32-33,35,74H,4-22,24-25,27-29,31,34,36-73H2,1-3H3/b26-23-,33-30-,35-32-. The minimum atomic E-state index is -0.776. The summed E-state index contributed by atoms with van der Waals surface area (Å²) in [5.74, 6) is -0.846. The molecule has 0 aromatic heterocycles. The molecule has 488 valence electrons. The zero-order chi connectivity index (χ0) is 59.9. The fourth-order valence-corrected chi connectivity index (χ4v) is 11.5. The Morgan fingerprint density at radius 2 is 0.434 bits per heavy atom. The first-order valence-electron chi connectivity index (χ1n) is 37.5. The predicted molar refractivity (Wildman–Crippen MR) is 362 cm³/mol. The number of hydrogen-bond acceptors (Lipinski definition) is 6. The Morgan fingerprint density at radius 3 is 0.675 bits per heavy atom. The van der Waals surface area contributed by atoms with Crippen LogP contribution in [-0.4, -0.2) is 37.2 Å². The molecule has 0 N–H and O–H groups in total. The van der Waals surface area contributed by atoms with Crippen LogP contribution in [-0.2, 0) is 28.6 Å². The van der Waals surface area contributed by atoms with E-state index < -0.39 is 6.10 Å². The molecular weight excluding hydrogens is 1020 g/mol. The fraction of sp³-hybridized carbons (Fsp3) is 0.883. The van der Waals surface area contributed by atoms with Crippen molar-refractivity contribution in [2.24, 2.45) is 0 Å². The number of carbonyl (C=O) groups is 3. The van der Waals surface area contributed by atoms with Crippen LogP contribution in [0.1, 0.15) is 419 Å². The lowest BCUT2D eigenvalue weighted by atomic mass is 10.0. The van der Waals surface area contributed by atoms with Gasteiger partial charge in [-0.05, 0) is 77.0 Å². The molecule has 0 amide bonds. The summed E-state index contributed by atoms with van der Waals surface area (Å²) in [7, 11) is 0. The van der Waals surface area contributed by atoms with Crippen molar-refractivity contribution in [2.45, 2.75) is 425 Å². The summed E-state index contributed by atoms with van der Waals surface area (Å²) in [6.07, 6.45) is 90.4. The van der Waals surface area contributed by atoms with E-state index in [-0.39, 0.29) is 31.1 Å². The van der Waals surface area contributed by atoms with Crippen LogP contribution in [0.4, 0.5) is 0 Å². The van der Waals surface area contributed by atoms with Crippen LogP contribution in [0.15, 0.2) is 36.5 Å². The van der Waals surface area contributed by atoms with Crippen molar-refractivity contribution in [1.82, 2.24) is 0 Å². The highest BCUT2D eigenvalue weighted by Gasteiger charge is 2.20. The van der Waals surface area contributed by atoms with Crippen molar-refractivity contribution in [3.05, 3.63) is 36.5 Å². The van der Waals surface area contributed by atoms with E-state index in [9.17, 15) is 14.4 Å². The third kappa shape index (κ3) is 70.3. The van der Waals surface area contributed by atoms with E-state index >= 15 is 0 Å². The summed E-state index contributed by atoms with van der Waals surface area (Å²) in [6, 6.07) is 0. The van der Waals surface area contributed by atoms with E-state index in [2.05, 4.69) is 57.2 Å². The normalized spacial score (nSPS) is 12.2. The van der Waals surface area contributed by atoms with Crippen LogP contribution < -0.4 is 0 Å². The highest BCUT2D eigenvalue weighted by atomic mass is 16.6. The average molecular weight is 1170 g/mol. The average Bonchev–Trinajstić information content (AvgIpc) is 3.50. The van der Waals surface area contributed by atoms with Gasteiger partial charge in [0.25, 0.3) is 0 Å². The maximum atomic E-state index is 13.0. The number of hydrogen-bond donors (Lipinski definition) is 0. The molecule has 0 fully saturated rings. The third-order valence-corrected chi connectivity index (χ3v) is 17.1. The Labute approximate surface area is 518 Å². The van der Waals surface area contributed by atoms with Crippen LogP contribution in [0.3, 0.4) is 0 Å². The number of rotatable bonds is 70. The molecular formula is C77H144O6. The SMILES string of the molecule is CCCCCCC/C=C\C/C=C\CCCCCCCCCCCC(=O)OC(COC(=O)CCCCCCCCC/C=C\CCCCCCCCC)COC(=O)CCCCCCCCCCCCCCCCCCCCCCCCCCCC. The summed E-state index contributed by atoms with van der Waals surface area (Å²) < 4.78 is 17.0. The van der Waals surface area contributed by atoms with Gasteiger partial charge in [-0.3, -0.25) is 14.4 Å². The first kappa shape index (κ1) is 80.6. The van der Waals surface area contributed by atoms with Crippen LogP contribution in [0, 0.1) is 0 Å². The number of carbonyl (C=O) groups excluding carboxylic acids is 3. The summed E-state index contributed by atoms with van der Waals surface area (Å²) in [4.78, 5) is 38.5. The lowest BCUT2D eigenvalue weighted by molar-refractivity contribution is -0.167. The van der Waals surface area contributed by atoms with Crippen molar-refractivity contribution >= 4 is 17.9 Å². The largest absolute Gasteiger partial charge is 0.462 e. The molecule has 6 heteroatoms. The maximum absolute atomic E-state index is 13.0. The van der Waals surface area contributed by atoms with Gasteiger partial charge in [0.05, 0.1) is 0 Å². The van der Waals surface area contributed by atoms with E-state index in [1.165, 1.54) is 315 Å². The van der Waals surface area contributed by atoms with Crippen molar-refractivity contribution in [3.63, 3.8) is 0 Å². The maximum Gasteiger partial charge on any atom is 0.306 e. The summed E-state index contributed by atoms with van der Waals surface area (Å²) >= 11 is 0. The van der Waals surface area contributed by atoms with Crippen molar-refractivity contribution in [1.29, 1.82) is 0 Å². The molecule has 0 heterocycles. The van der Waals surface area contributed by atoms with E-state index in [1.807, 2.05) is 0 Å². The molecule has 0 aliphatic rings. The van der Waals surface area contributed by atoms with E-state index in [0.717, 1.165) is 64.2 Å². The number of ether oxygens (including phenoxy) is 3. The first-order valence-corrected chi connectivity index (χ1v) is 37.5. The van der Waals surface area contributed by atoms with Gasteiger partial charge >= 0.3 is 17.9 Å². The topological polar surface area (TPSA) is 78.9 Å². The lowest BCUT2D eigenvalue weighted by Crippen LogP contribution is -2.30. The molecule has 0 rings (SSSR count). The van der Waals surface area contributed by atoms with E-state index in [0.29, 0.717) is 19.3 Å². The Balaban J connectivity index is 4.28. The van der Waals surface area contributed by atoms with Gasteiger partial charge in [0.1, 0.15) is 13.2 Å². The Morgan fingerprint density at radius 1 is 0.241 bits per heavy atom. The van der Waals surface area contributed by atoms with Crippen LogP contribution in [0.5, 0.6) is 0 Å². The predicted octanol–water partition coefficient (Wildman–Crippen LogP) is 25.9. The molecule has 1 unspecified atom stereocenters. The molecule has 0 aliphatic heterocycles. The molecule has 6 nitrogen and oxygen atoms in total. The summed E-state index contributed by atoms with van der Waals surface area (Å²) in [5.41, 5.74) is 0. The fourth-order valence-electron chi connectivity index (χ4n) is 11.5. The van der Waals surface area contributed by atoms with Crippen molar-refractivity contribution in [2.75, 3.05) is 13.2 Å². The van der Waals surface area contributed by atoms with Gasteiger partial charge in [0.2, 0.25) is 0 Å². The Kier molecular flexibility index (Phi) is 70.0. The molecule has 0 bridgehead atoms. The molecule has 0 radical (unpaired) electrons. The van der Waals surface area contributed by atoms with E-state index in [1.54, 1.807) is 0 Å². The highest BCUT2D eigenvalue weighted by molar-refractivity contribution is 5.71. The van der Waals surface area contributed by atoms with Crippen LogP contribution in [0.25, 0.3) is 0 Å². The minimum absolute atomic E-state index is 0.0702. The molecule has 1 atom stereocenters. The zero-order valence-electron chi connectivity index (χ0n) is 56.2. The second-order valence-electron chi connectivity index (χ2n) is 25.6. The van der Waals surface area contributed by atoms with Gasteiger partial charge in [-0.1, -0.05) is 359 Å². The third-order valence-electron chi connectivity index (χ3n) is 17.1. The van der Waals surface area contributed by atoms with Gasteiger partial charge < -0.3 is 14.2 Å². The number of allylic oxidation sites excluding steroid dienone is 6. The van der Waals surface area contributed by atoms with Crippen molar-refractivity contribution in [3.8, 4) is 0 Å². The van der Waals surface area contributed by atoms with Gasteiger partial charge in [-0.15, -0.1) is 0 Å². The minimum Gasteiger partial charge on any atom is -0.462 e. The zero-order valence-corrected chi connectivity index (χ0v) is 56.2. The molecule has 0 aromatic carbocycles. The number of esters is 3. The van der Waals surface area contributed by atoms with Crippen LogP contribution >= 0.6 is 0 Å². The second kappa shape index (κ2) is 72.1. The molecule has 0 aliphatic carbocycles. The first-order chi connectivity index (χ1) is 41.0. The van der Waals surface area contributed by atoms with Gasteiger partial charge in [0, 0.05) is 19.3 Å². The summed E-state index contributed by atoms with van der Waals surface area (Å²) in [6.45, 7) is 6.71. The lowest BCUT2D eigenvalue weighted by Gasteiger charge is -2.18. The second-order valence-corrected chi connectivity index (χ2v) is 25.6. The van der Waals surface area contributed by atoms with Crippen molar-refractivity contribution < 1.29 is 28.6 Å². The molecule has 83 heavy (non-hydrogen) atoms. The molecule has 0 spiro atoms.